The number of fused-ring (bicyclic) bond motifs is 1. The summed E-state index contributed by atoms with van der Waals surface area (Å²) < 4.78 is 1.08. The molecule has 1 amide bonds. The summed E-state index contributed by atoms with van der Waals surface area (Å²) in [6, 6.07) is 19.3. The van der Waals surface area contributed by atoms with Crippen molar-refractivity contribution in [2.45, 2.75) is 26.7 Å². The van der Waals surface area contributed by atoms with Crippen LogP contribution in [0.1, 0.15) is 44.7 Å². The number of nitrogens with one attached hydrogen (secondary N) is 1. The van der Waals surface area contributed by atoms with Gasteiger partial charge in [0.2, 0.25) is 0 Å². The highest BCUT2D eigenvalue weighted by Gasteiger charge is 2.29. The predicted octanol–water partition coefficient (Wildman–Crippen LogP) is 4.03. The number of ketones is 1. The number of benzene rings is 3. The molecule has 0 aliphatic carbocycles. The lowest BCUT2D eigenvalue weighted by Crippen LogP contribution is -2.40. The van der Waals surface area contributed by atoms with Crippen molar-refractivity contribution in [1.82, 2.24) is 14.5 Å². The van der Waals surface area contributed by atoms with E-state index in [2.05, 4.69) is 4.98 Å². The fourth-order valence-corrected chi connectivity index (χ4v) is 5.00. The first-order valence-electron chi connectivity index (χ1n) is 12.1. The maximum Gasteiger partial charge on any atom is 0.333 e. The molecule has 1 aliphatic rings. The maximum atomic E-state index is 13.2. The van der Waals surface area contributed by atoms with Crippen LogP contribution in [0.5, 0.6) is 0 Å². The van der Waals surface area contributed by atoms with Crippen LogP contribution in [-0.2, 0) is 0 Å². The van der Waals surface area contributed by atoms with Gasteiger partial charge in [0.25, 0.3) is 11.5 Å². The molecule has 4 aromatic rings. The van der Waals surface area contributed by atoms with E-state index in [0.717, 1.165) is 21.3 Å². The Hall–Kier alpha value is -4.26. The second-order valence-electron chi connectivity index (χ2n) is 9.42. The third-order valence-corrected chi connectivity index (χ3v) is 6.96. The van der Waals surface area contributed by atoms with Crippen molar-refractivity contribution in [3.8, 4) is 5.69 Å². The first kappa shape index (κ1) is 23.5. The van der Waals surface area contributed by atoms with Gasteiger partial charge in [0, 0.05) is 30.1 Å². The van der Waals surface area contributed by atoms with Crippen LogP contribution < -0.4 is 11.2 Å². The summed E-state index contributed by atoms with van der Waals surface area (Å²) in [7, 11) is 0. The smallest absolute Gasteiger partial charge is 0.333 e. The number of Topliss-reactive ketones (excluding diaryl/α,β-unsaturated/α-hetero) is 1. The van der Waals surface area contributed by atoms with Crippen LogP contribution in [0, 0.1) is 19.8 Å². The second-order valence-corrected chi connectivity index (χ2v) is 9.42. The number of hydrogen-bond acceptors (Lipinski definition) is 4. The molecule has 182 valence electrons. The maximum absolute atomic E-state index is 13.2. The number of H-pyrrole nitrogens is 1. The number of para-hydroxylation sites is 1. The Morgan fingerprint density at radius 3 is 2.31 bits per heavy atom. The fraction of sp³-hybridized carbons (Fsp3) is 0.241. The average molecular weight is 482 g/mol. The summed E-state index contributed by atoms with van der Waals surface area (Å²) >= 11 is 0. The Balaban J connectivity index is 1.34. The highest BCUT2D eigenvalue weighted by atomic mass is 16.2. The number of rotatable bonds is 4. The molecule has 1 saturated heterocycles. The lowest BCUT2D eigenvalue weighted by Gasteiger charge is -2.31. The van der Waals surface area contributed by atoms with E-state index in [4.69, 9.17) is 0 Å². The normalized spacial score (nSPS) is 14.2. The molecular formula is C29H27N3O4. The molecule has 1 N–H and O–H groups in total. The largest absolute Gasteiger partial charge is 0.339 e. The van der Waals surface area contributed by atoms with Crippen LogP contribution >= 0.6 is 0 Å². The third kappa shape index (κ3) is 4.28. The molecule has 0 bridgehead atoms. The van der Waals surface area contributed by atoms with E-state index in [1.165, 1.54) is 0 Å². The van der Waals surface area contributed by atoms with E-state index in [0.29, 0.717) is 48.1 Å². The Morgan fingerprint density at radius 2 is 1.61 bits per heavy atom. The van der Waals surface area contributed by atoms with Crippen LogP contribution in [0.2, 0.25) is 0 Å². The summed E-state index contributed by atoms with van der Waals surface area (Å²) in [5.74, 6) is -0.153. The van der Waals surface area contributed by atoms with Gasteiger partial charge in [-0.3, -0.25) is 14.4 Å². The van der Waals surface area contributed by atoms with Gasteiger partial charge in [-0.15, -0.1) is 0 Å². The number of amides is 1. The van der Waals surface area contributed by atoms with Gasteiger partial charge in [-0.05, 0) is 62.6 Å². The van der Waals surface area contributed by atoms with Crippen molar-refractivity contribution < 1.29 is 9.59 Å². The Bertz CT molecular complexity index is 1590. The monoisotopic (exact) mass is 481 g/mol. The molecule has 0 saturated carbocycles. The number of aromatic amines is 1. The van der Waals surface area contributed by atoms with E-state index in [1.54, 1.807) is 47.4 Å². The molecule has 36 heavy (non-hydrogen) atoms. The van der Waals surface area contributed by atoms with Crippen LogP contribution in [0.4, 0.5) is 0 Å². The van der Waals surface area contributed by atoms with Crippen LogP contribution in [-0.4, -0.2) is 39.2 Å². The number of carbonyl (C=O) groups is 2. The van der Waals surface area contributed by atoms with Crippen LogP contribution in [0.15, 0.2) is 76.3 Å². The minimum Gasteiger partial charge on any atom is -0.339 e. The van der Waals surface area contributed by atoms with Crippen LogP contribution in [0.3, 0.4) is 0 Å². The molecule has 7 nitrogen and oxygen atoms in total. The standard InChI is InChI=1S/C29H27N3O4/c1-18-8-10-23(19(2)16-18)26(33)20-12-14-31(15-13-20)27(34)21-9-11-24-25(17-21)30-29(36)32(28(24)35)22-6-4-3-5-7-22/h3-11,16-17,20H,12-15H2,1-2H3,(H,30,36). The van der Waals surface area contributed by atoms with Gasteiger partial charge < -0.3 is 9.88 Å². The molecule has 5 rings (SSSR count). The molecular weight excluding hydrogens is 454 g/mol. The summed E-state index contributed by atoms with van der Waals surface area (Å²) in [5, 5.41) is 0.327. The molecule has 1 fully saturated rings. The van der Waals surface area contributed by atoms with Crippen molar-refractivity contribution in [3.05, 3.63) is 110 Å². The SMILES string of the molecule is Cc1ccc(C(=O)C2CCN(C(=O)c3ccc4c(=O)n(-c5ccccc5)c(=O)[nH]c4c3)CC2)c(C)c1. The number of aryl methyl sites for hydroxylation is 2. The molecule has 1 aromatic heterocycles. The van der Waals surface area contributed by atoms with Crippen molar-refractivity contribution in [2.75, 3.05) is 13.1 Å². The van der Waals surface area contributed by atoms with Crippen molar-refractivity contribution in [3.63, 3.8) is 0 Å². The highest BCUT2D eigenvalue weighted by molar-refractivity contribution is 6.00. The van der Waals surface area contributed by atoms with E-state index in [1.807, 2.05) is 38.1 Å². The summed E-state index contributed by atoms with van der Waals surface area (Å²) in [4.78, 5) is 56.4. The molecule has 7 heteroatoms. The number of nitrogens with zero attached hydrogens (tertiary/aromatic N) is 2. The summed E-state index contributed by atoms with van der Waals surface area (Å²) in [6.07, 6.45) is 1.20. The Labute approximate surface area is 208 Å². The average Bonchev–Trinajstić information content (AvgIpc) is 2.88. The first-order chi connectivity index (χ1) is 17.3. The number of likely N-dealkylation sites (tertiary alicyclic amines) is 1. The van der Waals surface area contributed by atoms with E-state index in [9.17, 15) is 19.2 Å². The first-order valence-corrected chi connectivity index (χ1v) is 12.1. The predicted molar refractivity (Wildman–Crippen MR) is 139 cm³/mol. The number of aromatic nitrogens is 2. The van der Waals surface area contributed by atoms with Gasteiger partial charge in [0.1, 0.15) is 0 Å². The fourth-order valence-electron chi connectivity index (χ4n) is 5.00. The zero-order valence-electron chi connectivity index (χ0n) is 20.3. The second kappa shape index (κ2) is 9.41. The molecule has 0 spiro atoms. The highest BCUT2D eigenvalue weighted by Crippen LogP contribution is 2.25. The zero-order chi connectivity index (χ0) is 25.4. The zero-order valence-corrected chi connectivity index (χ0v) is 20.3. The van der Waals surface area contributed by atoms with Crippen LogP contribution in [0.25, 0.3) is 16.6 Å². The minimum absolute atomic E-state index is 0.111. The number of piperidine rings is 1. The topological polar surface area (TPSA) is 92.2 Å². The van der Waals surface area contributed by atoms with Gasteiger partial charge in [-0.25, -0.2) is 9.36 Å². The van der Waals surface area contributed by atoms with E-state index < -0.39 is 11.2 Å². The molecule has 0 atom stereocenters. The third-order valence-electron chi connectivity index (χ3n) is 6.96. The molecule has 0 unspecified atom stereocenters. The van der Waals surface area contributed by atoms with E-state index in [-0.39, 0.29) is 17.6 Å². The lowest BCUT2D eigenvalue weighted by atomic mass is 9.87. The van der Waals surface area contributed by atoms with Gasteiger partial charge >= 0.3 is 5.69 Å². The molecule has 3 aromatic carbocycles. The summed E-state index contributed by atoms with van der Waals surface area (Å²) in [6.45, 7) is 4.92. The van der Waals surface area contributed by atoms with Crippen molar-refractivity contribution >= 4 is 22.6 Å². The molecule has 2 heterocycles. The van der Waals surface area contributed by atoms with E-state index >= 15 is 0 Å². The van der Waals surface area contributed by atoms with Crippen molar-refractivity contribution in [2.24, 2.45) is 5.92 Å². The van der Waals surface area contributed by atoms with Gasteiger partial charge in [0.15, 0.2) is 5.78 Å². The molecule has 0 radical (unpaired) electrons. The van der Waals surface area contributed by atoms with Gasteiger partial charge in [-0.2, -0.15) is 0 Å². The Morgan fingerprint density at radius 1 is 0.889 bits per heavy atom. The van der Waals surface area contributed by atoms with Gasteiger partial charge in [-0.1, -0.05) is 42.0 Å². The van der Waals surface area contributed by atoms with Crippen molar-refractivity contribution in [1.29, 1.82) is 0 Å². The number of hydrogen-bond donors (Lipinski definition) is 1. The number of carbonyl (C=O) groups excluding carboxylic acids is 2. The van der Waals surface area contributed by atoms with Gasteiger partial charge in [0.05, 0.1) is 16.6 Å². The Kier molecular flexibility index (Phi) is 6.14. The minimum atomic E-state index is -0.561. The summed E-state index contributed by atoms with van der Waals surface area (Å²) in [5.41, 5.74) is 3.06. The lowest BCUT2D eigenvalue weighted by molar-refractivity contribution is 0.0650. The quantitative estimate of drug-likeness (QED) is 0.446. The molecule has 1 aliphatic heterocycles.